The van der Waals surface area contributed by atoms with Gasteiger partial charge in [-0.05, 0) is 36.3 Å². The van der Waals surface area contributed by atoms with Gasteiger partial charge in [-0.25, -0.2) is 0 Å². The molecule has 128 valence electrons. The summed E-state index contributed by atoms with van der Waals surface area (Å²) in [6, 6.07) is 20.2. The maximum absolute atomic E-state index is 9.79. The Kier molecular flexibility index (Phi) is 4.66. The minimum Gasteiger partial charge on any atom is -0.301 e. The Hall–Kier alpha value is -3.65. The number of hydrogen-bond acceptors (Lipinski definition) is 4. The van der Waals surface area contributed by atoms with Gasteiger partial charge in [0.05, 0.1) is 23.4 Å². The molecule has 0 amide bonds. The van der Waals surface area contributed by atoms with Crippen molar-refractivity contribution < 1.29 is 0 Å². The quantitative estimate of drug-likeness (QED) is 0.800. The first-order chi connectivity index (χ1) is 13.0. The number of allylic oxidation sites excluding steroid dienone is 4. The molecular formula is C22H13ClN4. The predicted octanol–water partition coefficient (Wildman–Crippen LogP) is 5.08. The van der Waals surface area contributed by atoms with Crippen molar-refractivity contribution in [2.24, 2.45) is 5.41 Å². The van der Waals surface area contributed by atoms with Crippen LogP contribution in [0.15, 0.2) is 60.2 Å². The fraction of sp³-hybridized carbons (Fsp3) is 0.0909. The van der Waals surface area contributed by atoms with Gasteiger partial charge in [-0.3, -0.25) is 0 Å². The topological polar surface area (TPSA) is 95.2 Å². The van der Waals surface area contributed by atoms with Gasteiger partial charge in [-0.1, -0.05) is 53.6 Å². The molecule has 0 heterocycles. The number of rotatable bonds is 2. The number of aryl methyl sites for hydroxylation is 1. The van der Waals surface area contributed by atoms with Crippen LogP contribution in [0.3, 0.4) is 0 Å². The highest BCUT2D eigenvalue weighted by atomic mass is 35.5. The predicted molar refractivity (Wildman–Crippen MR) is 105 cm³/mol. The third-order valence-corrected chi connectivity index (χ3v) is 4.80. The summed E-state index contributed by atoms with van der Waals surface area (Å²) in [7, 11) is 0. The molecule has 0 aliphatic heterocycles. The van der Waals surface area contributed by atoms with Crippen molar-refractivity contribution in [1.29, 1.82) is 21.2 Å². The molecule has 1 aliphatic carbocycles. The number of benzene rings is 2. The zero-order valence-corrected chi connectivity index (χ0v) is 15.2. The van der Waals surface area contributed by atoms with Crippen molar-refractivity contribution in [2.75, 3.05) is 0 Å². The molecule has 5 heteroatoms. The van der Waals surface area contributed by atoms with E-state index in [0.717, 1.165) is 11.1 Å². The van der Waals surface area contributed by atoms with Gasteiger partial charge in [0.1, 0.15) is 6.07 Å². The third kappa shape index (κ3) is 2.91. The van der Waals surface area contributed by atoms with Crippen molar-refractivity contribution in [3.63, 3.8) is 0 Å². The lowest BCUT2D eigenvalue weighted by Crippen LogP contribution is -2.33. The molecule has 27 heavy (non-hydrogen) atoms. The summed E-state index contributed by atoms with van der Waals surface area (Å²) in [5.41, 5.74) is 1.17. The number of nitrogens with one attached hydrogen (secondary N) is 1. The standard InChI is InChI=1S/C22H13ClN4/c1-14-2-4-15(5-3-14)18-10-20(16-6-8-17(23)9-7-16)22(12-25,13-26)21(27)19(18)11-24/h2-10,27H,1H3. The molecule has 2 aromatic rings. The normalized spacial score (nSPS) is 15.4. The lowest BCUT2D eigenvalue weighted by Gasteiger charge is -2.29. The lowest BCUT2D eigenvalue weighted by atomic mass is 9.68. The van der Waals surface area contributed by atoms with Crippen LogP contribution in [0, 0.1) is 51.7 Å². The lowest BCUT2D eigenvalue weighted by molar-refractivity contribution is 0.925. The van der Waals surface area contributed by atoms with Gasteiger partial charge >= 0.3 is 0 Å². The first-order valence-corrected chi connectivity index (χ1v) is 8.46. The monoisotopic (exact) mass is 368 g/mol. The summed E-state index contributed by atoms with van der Waals surface area (Å²) in [6.45, 7) is 1.96. The Labute approximate surface area is 162 Å². The van der Waals surface area contributed by atoms with Crippen LogP contribution in [0.2, 0.25) is 5.02 Å². The van der Waals surface area contributed by atoms with Crippen molar-refractivity contribution in [3.05, 3.63) is 81.9 Å². The van der Waals surface area contributed by atoms with Crippen LogP contribution in [0.1, 0.15) is 16.7 Å². The molecule has 3 rings (SSSR count). The highest BCUT2D eigenvalue weighted by Gasteiger charge is 2.45. The summed E-state index contributed by atoms with van der Waals surface area (Å²) in [5.74, 6) is 0. The van der Waals surface area contributed by atoms with Crippen LogP contribution in [-0.4, -0.2) is 5.71 Å². The number of nitrogens with zero attached hydrogens (tertiary/aromatic N) is 3. The van der Waals surface area contributed by atoms with E-state index in [-0.39, 0.29) is 11.3 Å². The van der Waals surface area contributed by atoms with E-state index in [1.54, 1.807) is 30.3 Å². The zero-order chi connectivity index (χ0) is 19.6. The maximum atomic E-state index is 9.79. The van der Waals surface area contributed by atoms with Crippen LogP contribution < -0.4 is 0 Å². The second-order valence-electron chi connectivity index (χ2n) is 6.18. The minimum atomic E-state index is -1.85. The average molecular weight is 369 g/mol. The molecule has 2 aromatic carbocycles. The van der Waals surface area contributed by atoms with Crippen molar-refractivity contribution >= 4 is 28.5 Å². The molecule has 0 radical (unpaired) electrons. The van der Waals surface area contributed by atoms with Gasteiger partial charge < -0.3 is 5.41 Å². The van der Waals surface area contributed by atoms with Gasteiger partial charge in [0.2, 0.25) is 5.41 Å². The van der Waals surface area contributed by atoms with E-state index in [0.29, 0.717) is 21.7 Å². The van der Waals surface area contributed by atoms with E-state index >= 15 is 0 Å². The number of hydrogen-bond donors (Lipinski definition) is 1. The van der Waals surface area contributed by atoms with Crippen molar-refractivity contribution in [3.8, 4) is 18.2 Å². The summed E-state index contributed by atoms with van der Waals surface area (Å²) in [5, 5.41) is 38.3. The molecule has 0 aromatic heterocycles. The summed E-state index contributed by atoms with van der Waals surface area (Å²) < 4.78 is 0. The van der Waals surface area contributed by atoms with E-state index in [1.807, 2.05) is 49.4 Å². The second-order valence-corrected chi connectivity index (χ2v) is 6.62. The SMILES string of the molecule is Cc1ccc(C2=C(C#N)C(=N)C(C#N)(C#N)C(c3ccc(Cl)cc3)=C2)cc1. The van der Waals surface area contributed by atoms with E-state index in [1.165, 1.54) is 0 Å². The average Bonchev–Trinajstić information content (AvgIpc) is 2.69. The Morgan fingerprint density at radius 2 is 1.44 bits per heavy atom. The van der Waals surface area contributed by atoms with Gasteiger partial charge in [0.25, 0.3) is 0 Å². The third-order valence-electron chi connectivity index (χ3n) is 4.55. The molecule has 0 saturated heterocycles. The Bertz CT molecular complexity index is 1100. The molecule has 0 atom stereocenters. The van der Waals surface area contributed by atoms with Crippen molar-refractivity contribution in [1.82, 2.24) is 0 Å². The van der Waals surface area contributed by atoms with Crippen LogP contribution in [0.4, 0.5) is 0 Å². The van der Waals surface area contributed by atoms with Crippen LogP contribution in [0.5, 0.6) is 0 Å². The zero-order valence-electron chi connectivity index (χ0n) is 14.4. The summed E-state index contributed by atoms with van der Waals surface area (Å²) in [6.07, 6.45) is 1.66. The highest BCUT2D eigenvalue weighted by molar-refractivity contribution is 6.30. The molecule has 0 fully saturated rings. The molecule has 4 nitrogen and oxygen atoms in total. The highest BCUT2D eigenvalue weighted by Crippen LogP contribution is 2.44. The molecule has 1 N–H and O–H groups in total. The molecule has 1 aliphatic rings. The molecule has 0 unspecified atom stereocenters. The van der Waals surface area contributed by atoms with Crippen LogP contribution in [-0.2, 0) is 0 Å². The molecule has 0 saturated carbocycles. The van der Waals surface area contributed by atoms with Crippen LogP contribution in [0.25, 0.3) is 11.1 Å². The van der Waals surface area contributed by atoms with E-state index in [2.05, 4.69) is 0 Å². The first-order valence-electron chi connectivity index (χ1n) is 8.08. The van der Waals surface area contributed by atoms with Gasteiger partial charge in [-0.15, -0.1) is 0 Å². The molecular weight excluding hydrogens is 356 g/mol. The fourth-order valence-corrected chi connectivity index (χ4v) is 3.17. The van der Waals surface area contributed by atoms with Gasteiger partial charge in [0, 0.05) is 16.2 Å². The van der Waals surface area contributed by atoms with E-state index < -0.39 is 5.41 Å². The fourth-order valence-electron chi connectivity index (χ4n) is 3.05. The van der Waals surface area contributed by atoms with Gasteiger partial charge in [0.15, 0.2) is 0 Å². The Morgan fingerprint density at radius 3 is 1.96 bits per heavy atom. The summed E-state index contributed by atoms with van der Waals surface area (Å²) >= 11 is 5.96. The largest absolute Gasteiger partial charge is 0.301 e. The summed E-state index contributed by atoms with van der Waals surface area (Å²) in [4.78, 5) is 0. The molecule has 0 spiro atoms. The van der Waals surface area contributed by atoms with E-state index in [4.69, 9.17) is 17.0 Å². The minimum absolute atomic E-state index is 0.0275. The molecule has 0 bridgehead atoms. The second kappa shape index (κ2) is 6.93. The van der Waals surface area contributed by atoms with Gasteiger partial charge in [-0.2, -0.15) is 15.8 Å². The Balaban J connectivity index is 2.34. The number of halogens is 1. The van der Waals surface area contributed by atoms with Crippen LogP contribution >= 0.6 is 11.6 Å². The maximum Gasteiger partial charge on any atom is 0.211 e. The first kappa shape index (κ1) is 18.2. The van der Waals surface area contributed by atoms with E-state index in [9.17, 15) is 15.8 Å². The Morgan fingerprint density at radius 1 is 0.889 bits per heavy atom. The smallest absolute Gasteiger partial charge is 0.211 e. The van der Waals surface area contributed by atoms with Crippen molar-refractivity contribution in [2.45, 2.75) is 6.92 Å². The number of nitriles is 3.